The number of carbonyl (C=O) groups excluding carboxylic acids is 1. The van der Waals surface area contributed by atoms with Gasteiger partial charge in [0.1, 0.15) is 5.75 Å². The Bertz CT molecular complexity index is 669. The molecule has 0 aliphatic heterocycles. The van der Waals surface area contributed by atoms with Gasteiger partial charge in [-0.15, -0.1) is 0 Å². The third kappa shape index (κ3) is 4.28. The summed E-state index contributed by atoms with van der Waals surface area (Å²) < 4.78 is 24.7. The molecule has 0 aliphatic carbocycles. The number of rotatable bonds is 5. The lowest BCUT2D eigenvalue weighted by Gasteiger charge is -2.21. The summed E-state index contributed by atoms with van der Waals surface area (Å²) >= 11 is 3.04. The molecule has 0 aromatic heterocycles. The van der Waals surface area contributed by atoms with E-state index in [9.17, 15) is 18.0 Å². The monoisotopic (exact) mass is 377 g/mol. The van der Waals surface area contributed by atoms with Gasteiger partial charge >= 0.3 is 5.97 Å². The molecule has 1 aromatic carbocycles. The normalized spacial score (nSPS) is 11.5. The van der Waals surface area contributed by atoms with Crippen LogP contribution in [-0.2, 0) is 14.6 Å². The Morgan fingerprint density at radius 2 is 1.90 bits per heavy atom. The van der Waals surface area contributed by atoms with E-state index in [1.807, 2.05) is 0 Å². The Balaban J connectivity index is 3.12. The van der Waals surface area contributed by atoms with Crippen molar-refractivity contribution < 1.29 is 23.1 Å². The number of carboxylic acid groups (broad SMARTS) is 1. The quantitative estimate of drug-likeness (QED) is 0.844. The number of halogens is 1. The maximum Gasteiger partial charge on any atom is 0.336 e. The van der Waals surface area contributed by atoms with Crippen LogP contribution in [0.2, 0.25) is 0 Å². The highest BCUT2D eigenvalue weighted by Crippen LogP contribution is 2.22. The fourth-order valence-corrected chi connectivity index (χ4v) is 3.18. The van der Waals surface area contributed by atoms with Gasteiger partial charge in [-0.1, -0.05) is 0 Å². The van der Waals surface area contributed by atoms with Crippen molar-refractivity contribution in [3.63, 3.8) is 0 Å². The zero-order chi connectivity index (χ0) is 16.4. The van der Waals surface area contributed by atoms with E-state index < -0.39 is 27.5 Å². The summed E-state index contributed by atoms with van der Waals surface area (Å²) in [5.41, 5.74) is -0.166. The van der Waals surface area contributed by atoms with E-state index in [0.29, 0.717) is 0 Å². The lowest BCUT2D eigenvalue weighted by atomic mass is 10.2. The van der Waals surface area contributed by atoms with Crippen LogP contribution in [-0.4, -0.2) is 49.1 Å². The Morgan fingerprint density at radius 3 is 2.38 bits per heavy atom. The minimum Gasteiger partial charge on any atom is -0.478 e. The smallest absolute Gasteiger partial charge is 0.336 e. The summed E-state index contributed by atoms with van der Waals surface area (Å²) in [6.07, 6.45) is 0. The molecule has 0 atom stereocenters. The fourth-order valence-electron chi connectivity index (χ4n) is 1.50. The lowest BCUT2D eigenvalue weighted by Crippen LogP contribution is -2.37. The summed E-state index contributed by atoms with van der Waals surface area (Å²) in [7, 11) is -2.37. The largest absolute Gasteiger partial charge is 0.478 e. The maximum atomic E-state index is 12.2. The van der Waals surface area contributed by atoms with Gasteiger partial charge in [0.25, 0.3) is 0 Å². The van der Waals surface area contributed by atoms with Crippen molar-refractivity contribution in [3.8, 4) is 0 Å². The second-order valence-electron chi connectivity index (χ2n) is 4.80. The van der Waals surface area contributed by atoms with Crippen LogP contribution >= 0.6 is 15.9 Å². The van der Waals surface area contributed by atoms with Gasteiger partial charge in [-0.25, -0.2) is 13.2 Å². The Morgan fingerprint density at radius 1 is 1.33 bits per heavy atom. The topological polar surface area (TPSA) is 91.8 Å². The van der Waals surface area contributed by atoms with E-state index in [0.717, 1.165) is 6.07 Å². The van der Waals surface area contributed by atoms with Gasteiger partial charge in [-0.3, -0.25) is 4.79 Å². The van der Waals surface area contributed by atoms with Crippen molar-refractivity contribution in [2.24, 2.45) is 0 Å². The zero-order valence-electron chi connectivity index (χ0n) is 11.8. The molecule has 0 radical (unpaired) electrons. The van der Waals surface area contributed by atoms with Crippen molar-refractivity contribution in [2.45, 2.75) is 24.8 Å². The molecule has 0 saturated carbocycles. The number of sulfone groups is 1. The average molecular weight is 378 g/mol. The van der Waals surface area contributed by atoms with Gasteiger partial charge in [0.2, 0.25) is 5.91 Å². The highest BCUT2D eigenvalue weighted by atomic mass is 79.9. The van der Waals surface area contributed by atoms with Crippen LogP contribution in [0.3, 0.4) is 0 Å². The molecule has 8 heteroatoms. The number of hydrogen-bond acceptors (Lipinski definition) is 4. The molecular formula is C13H16BrNO5S. The lowest BCUT2D eigenvalue weighted by molar-refractivity contribution is -0.128. The van der Waals surface area contributed by atoms with Crippen molar-refractivity contribution in [1.82, 2.24) is 4.90 Å². The molecule has 1 rings (SSSR count). The number of benzene rings is 1. The van der Waals surface area contributed by atoms with Crippen molar-refractivity contribution in [2.75, 3.05) is 12.8 Å². The first kappa shape index (κ1) is 17.6. The van der Waals surface area contributed by atoms with Crippen LogP contribution in [0.25, 0.3) is 0 Å². The van der Waals surface area contributed by atoms with E-state index in [-0.39, 0.29) is 21.0 Å². The van der Waals surface area contributed by atoms with Crippen LogP contribution in [0.15, 0.2) is 27.6 Å². The van der Waals surface area contributed by atoms with Gasteiger partial charge in [-0.05, 0) is 48.0 Å². The summed E-state index contributed by atoms with van der Waals surface area (Å²) in [6.45, 7) is 3.54. The van der Waals surface area contributed by atoms with Gasteiger partial charge in [0, 0.05) is 17.6 Å². The molecule has 0 fully saturated rings. The van der Waals surface area contributed by atoms with Crippen LogP contribution in [0.4, 0.5) is 0 Å². The van der Waals surface area contributed by atoms with Crippen molar-refractivity contribution >= 4 is 37.6 Å². The van der Waals surface area contributed by atoms with E-state index >= 15 is 0 Å². The molecule has 0 spiro atoms. The predicted molar refractivity (Wildman–Crippen MR) is 81.1 cm³/mol. The first-order valence-corrected chi connectivity index (χ1v) is 8.52. The second kappa shape index (κ2) is 6.57. The Labute approximate surface area is 131 Å². The van der Waals surface area contributed by atoms with Crippen LogP contribution < -0.4 is 0 Å². The SMILES string of the molecule is CC(C)N(C)C(=O)CS(=O)(=O)c1ccc(Br)c(C(=O)O)c1. The molecule has 0 unspecified atom stereocenters. The first-order chi connectivity index (χ1) is 9.56. The average Bonchev–Trinajstić information content (AvgIpc) is 2.36. The van der Waals surface area contributed by atoms with E-state index in [1.54, 1.807) is 13.8 Å². The molecule has 0 aliphatic rings. The van der Waals surface area contributed by atoms with Gasteiger partial charge in [0.05, 0.1) is 10.5 Å². The number of carboxylic acids is 1. The minimum atomic E-state index is -3.89. The third-order valence-corrected chi connectivity index (χ3v) is 5.30. The third-order valence-electron chi connectivity index (χ3n) is 3.01. The standard InChI is InChI=1S/C13H16BrNO5S/c1-8(2)15(3)12(16)7-21(19,20)9-4-5-11(14)10(6-9)13(17)18/h4-6,8H,7H2,1-3H3,(H,17,18). The van der Waals surface area contributed by atoms with Crippen LogP contribution in [0, 0.1) is 0 Å². The van der Waals surface area contributed by atoms with Gasteiger partial charge in [0.15, 0.2) is 9.84 Å². The minimum absolute atomic E-state index is 0.118. The highest BCUT2D eigenvalue weighted by Gasteiger charge is 2.24. The molecule has 6 nitrogen and oxygen atoms in total. The maximum absolute atomic E-state index is 12.2. The molecule has 0 heterocycles. The Kier molecular flexibility index (Phi) is 5.52. The number of nitrogens with zero attached hydrogens (tertiary/aromatic N) is 1. The molecule has 116 valence electrons. The predicted octanol–water partition coefficient (Wildman–Crippen LogP) is 1.79. The highest BCUT2D eigenvalue weighted by molar-refractivity contribution is 9.10. The summed E-state index contributed by atoms with van der Waals surface area (Å²) in [6, 6.07) is 3.54. The number of hydrogen-bond donors (Lipinski definition) is 1. The molecular weight excluding hydrogens is 362 g/mol. The van der Waals surface area contributed by atoms with Crippen LogP contribution in [0.1, 0.15) is 24.2 Å². The summed E-state index contributed by atoms with van der Waals surface area (Å²) in [5.74, 6) is -2.48. The van der Waals surface area contributed by atoms with Crippen LogP contribution in [0.5, 0.6) is 0 Å². The summed E-state index contributed by atoms with van der Waals surface area (Å²) in [5, 5.41) is 9.00. The fraction of sp³-hybridized carbons (Fsp3) is 0.385. The van der Waals surface area contributed by atoms with E-state index in [2.05, 4.69) is 15.9 Å². The zero-order valence-corrected chi connectivity index (χ0v) is 14.2. The first-order valence-electron chi connectivity index (χ1n) is 6.07. The molecule has 0 bridgehead atoms. The van der Waals surface area contributed by atoms with E-state index in [1.165, 1.54) is 24.1 Å². The summed E-state index contributed by atoms with van der Waals surface area (Å²) in [4.78, 5) is 24.0. The van der Waals surface area contributed by atoms with Crippen molar-refractivity contribution in [3.05, 3.63) is 28.2 Å². The van der Waals surface area contributed by atoms with Gasteiger partial charge in [-0.2, -0.15) is 0 Å². The molecule has 21 heavy (non-hydrogen) atoms. The molecule has 1 N–H and O–H groups in total. The van der Waals surface area contributed by atoms with Crippen molar-refractivity contribution in [1.29, 1.82) is 0 Å². The molecule has 1 amide bonds. The van der Waals surface area contributed by atoms with E-state index in [4.69, 9.17) is 5.11 Å². The number of aromatic carboxylic acids is 1. The second-order valence-corrected chi connectivity index (χ2v) is 7.65. The number of carbonyl (C=O) groups is 2. The molecule has 0 saturated heterocycles. The number of amides is 1. The van der Waals surface area contributed by atoms with Gasteiger partial charge < -0.3 is 10.0 Å². The molecule has 1 aromatic rings. The Hall–Kier alpha value is -1.41.